The lowest BCUT2D eigenvalue weighted by molar-refractivity contribution is -0.187. The topological polar surface area (TPSA) is 69.6 Å². The second-order valence-electron chi connectivity index (χ2n) is 6.14. The van der Waals surface area contributed by atoms with E-state index in [2.05, 4.69) is 5.32 Å². The van der Waals surface area contributed by atoms with Gasteiger partial charge < -0.3 is 15.3 Å². The van der Waals surface area contributed by atoms with Gasteiger partial charge in [0.25, 0.3) is 0 Å². The Kier molecular flexibility index (Phi) is 5.54. The molecule has 0 radical (unpaired) electrons. The van der Waals surface area contributed by atoms with Gasteiger partial charge in [-0.2, -0.15) is 13.2 Å². The van der Waals surface area contributed by atoms with Crippen LogP contribution in [0.3, 0.4) is 0 Å². The predicted molar refractivity (Wildman–Crippen MR) is 80.3 cm³/mol. The molecule has 138 valence electrons. The quantitative estimate of drug-likeness (QED) is 0.809. The van der Waals surface area contributed by atoms with Crippen molar-refractivity contribution in [1.82, 2.24) is 10.2 Å². The maximum absolute atomic E-state index is 13.6. The summed E-state index contributed by atoms with van der Waals surface area (Å²) in [5.41, 5.74) is 0.369. The van der Waals surface area contributed by atoms with Crippen molar-refractivity contribution in [2.45, 2.75) is 25.6 Å². The number of nitrogens with zero attached hydrogens (tertiary/aromatic N) is 1. The molecule has 25 heavy (non-hydrogen) atoms. The Hall–Kier alpha value is -2.32. The predicted octanol–water partition coefficient (Wildman–Crippen LogP) is 2.66. The Morgan fingerprint density at radius 3 is 2.48 bits per heavy atom. The first kappa shape index (κ1) is 19.0. The zero-order valence-electron chi connectivity index (χ0n) is 13.4. The summed E-state index contributed by atoms with van der Waals surface area (Å²) in [6.07, 6.45) is -4.53. The molecule has 1 saturated heterocycles. The number of urea groups is 1. The molecular weight excluding hydrogens is 344 g/mol. The lowest BCUT2D eigenvalue weighted by Crippen LogP contribution is -2.44. The average molecular weight is 362 g/mol. The van der Waals surface area contributed by atoms with E-state index in [-0.39, 0.29) is 6.42 Å². The summed E-state index contributed by atoms with van der Waals surface area (Å²) in [4.78, 5) is 24.0. The SMILES string of the molecule is CC(Cc1ccccc1F)NC(=O)N1C[C@@H](C(F)(F)F)[C@H](C(=O)O)C1. The molecule has 0 aromatic heterocycles. The highest BCUT2D eigenvalue weighted by molar-refractivity contribution is 5.78. The first-order valence-electron chi connectivity index (χ1n) is 7.68. The maximum atomic E-state index is 13.6. The number of carboxylic acid groups (broad SMARTS) is 1. The van der Waals surface area contributed by atoms with Crippen LogP contribution in [-0.2, 0) is 11.2 Å². The molecule has 0 aliphatic carbocycles. The normalized spacial score (nSPS) is 21.9. The van der Waals surface area contributed by atoms with Crippen molar-refractivity contribution < 1.29 is 32.3 Å². The average Bonchev–Trinajstić information content (AvgIpc) is 2.95. The minimum Gasteiger partial charge on any atom is -0.481 e. The summed E-state index contributed by atoms with van der Waals surface area (Å²) in [7, 11) is 0. The summed E-state index contributed by atoms with van der Waals surface area (Å²) in [5, 5.41) is 11.4. The number of carbonyl (C=O) groups is 2. The van der Waals surface area contributed by atoms with Crippen LogP contribution in [0.5, 0.6) is 0 Å². The molecule has 0 bridgehead atoms. The number of nitrogens with one attached hydrogen (secondary N) is 1. The summed E-state index contributed by atoms with van der Waals surface area (Å²) >= 11 is 0. The number of benzene rings is 1. The molecule has 2 amide bonds. The molecule has 1 aromatic rings. The third-order valence-electron chi connectivity index (χ3n) is 4.20. The zero-order valence-corrected chi connectivity index (χ0v) is 13.4. The van der Waals surface area contributed by atoms with E-state index in [1.807, 2.05) is 0 Å². The molecule has 1 fully saturated rings. The number of likely N-dealkylation sites (tertiary alicyclic amines) is 1. The smallest absolute Gasteiger partial charge is 0.394 e. The van der Waals surface area contributed by atoms with Crippen LogP contribution in [0.25, 0.3) is 0 Å². The minimum atomic E-state index is -4.70. The van der Waals surface area contributed by atoms with Crippen LogP contribution in [0.1, 0.15) is 12.5 Å². The first-order chi connectivity index (χ1) is 11.6. The van der Waals surface area contributed by atoms with Gasteiger partial charge in [0.15, 0.2) is 0 Å². The monoisotopic (exact) mass is 362 g/mol. The van der Waals surface area contributed by atoms with Gasteiger partial charge in [0, 0.05) is 19.1 Å². The van der Waals surface area contributed by atoms with Gasteiger partial charge >= 0.3 is 18.2 Å². The van der Waals surface area contributed by atoms with Gasteiger partial charge in [-0.05, 0) is 25.0 Å². The van der Waals surface area contributed by atoms with Gasteiger partial charge in [0.2, 0.25) is 0 Å². The highest BCUT2D eigenvalue weighted by Gasteiger charge is 2.53. The van der Waals surface area contributed by atoms with Gasteiger partial charge in [-0.15, -0.1) is 0 Å². The van der Waals surface area contributed by atoms with E-state index in [1.54, 1.807) is 19.1 Å². The molecule has 0 saturated carbocycles. The van der Waals surface area contributed by atoms with Crippen molar-refractivity contribution in [2.75, 3.05) is 13.1 Å². The minimum absolute atomic E-state index is 0.164. The van der Waals surface area contributed by atoms with Gasteiger partial charge in [-0.1, -0.05) is 18.2 Å². The number of carbonyl (C=O) groups excluding carboxylic acids is 1. The molecule has 1 aliphatic heterocycles. The molecule has 1 unspecified atom stereocenters. The van der Waals surface area contributed by atoms with Gasteiger partial charge in [0.1, 0.15) is 5.82 Å². The highest BCUT2D eigenvalue weighted by Crippen LogP contribution is 2.37. The molecule has 5 nitrogen and oxygen atoms in total. The molecule has 1 aliphatic rings. The number of hydrogen-bond acceptors (Lipinski definition) is 2. The molecular formula is C16H18F4N2O3. The molecule has 2 N–H and O–H groups in total. The molecule has 1 aromatic carbocycles. The number of amides is 2. The highest BCUT2D eigenvalue weighted by atomic mass is 19.4. The van der Waals surface area contributed by atoms with Crippen molar-refractivity contribution >= 4 is 12.0 Å². The van der Waals surface area contributed by atoms with E-state index >= 15 is 0 Å². The van der Waals surface area contributed by atoms with Crippen LogP contribution in [0.4, 0.5) is 22.4 Å². The summed E-state index contributed by atoms with van der Waals surface area (Å²) in [6, 6.07) is 4.66. The summed E-state index contributed by atoms with van der Waals surface area (Å²) in [5.74, 6) is -5.81. The van der Waals surface area contributed by atoms with Crippen molar-refractivity contribution in [3.8, 4) is 0 Å². The number of carboxylic acids is 1. The fraction of sp³-hybridized carbons (Fsp3) is 0.500. The molecule has 2 rings (SSSR count). The van der Waals surface area contributed by atoms with E-state index in [9.17, 15) is 27.2 Å². The number of alkyl halides is 3. The van der Waals surface area contributed by atoms with E-state index in [1.165, 1.54) is 12.1 Å². The standard InChI is InChI=1S/C16H18F4N2O3/c1-9(6-10-4-2-3-5-13(10)17)21-15(25)22-7-11(14(23)24)12(8-22)16(18,19)20/h2-5,9,11-12H,6-8H2,1H3,(H,21,25)(H,23,24)/t9?,11-,12-/m1/s1. The Morgan fingerprint density at radius 2 is 1.96 bits per heavy atom. The second kappa shape index (κ2) is 7.28. The van der Waals surface area contributed by atoms with Crippen LogP contribution in [-0.4, -0.2) is 47.3 Å². The fourth-order valence-electron chi connectivity index (χ4n) is 2.90. The molecule has 3 atom stereocenters. The van der Waals surface area contributed by atoms with Gasteiger partial charge in [-0.25, -0.2) is 9.18 Å². The number of hydrogen-bond donors (Lipinski definition) is 2. The van der Waals surface area contributed by atoms with Crippen molar-refractivity contribution in [3.63, 3.8) is 0 Å². The van der Waals surface area contributed by atoms with Crippen LogP contribution in [0.2, 0.25) is 0 Å². The third-order valence-corrected chi connectivity index (χ3v) is 4.20. The first-order valence-corrected chi connectivity index (χ1v) is 7.68. The lowest BCUT2D eigenvalue weighted by atomic mass is 9.96. The maximum Gasteiger partial charge on any atom is 0.394 e. The Balaban J connectivity index is 1.99. The Labute approximate surface area is 141 Å². The number of rotatable bonds is 4. The fourth-order valence-corrected chi connectivity index (χ4v) is 2.90. The van der Waals surface area contributed by atoms with Crippen LogP contribution < -0.4 is 5.32 Å². The zero-order chi connectivity index (χ0) is 18.8. The lowest BCUT2D eigenvalue weighted by Gasteiger charge is -2.21. The van der Waals surface area contributed by atoms with E-state index in [0.29, 0.717) is 5.56 Å². The van der Waals surface area contributed by atoms with Gasteiger partial charge in [-0.3, -0.25) is 4.79 Å². The second-order valence-corrected chi connectivity index (χ2v) is 6.14. The Morgan fingerprint density at radius 1 is 1.32 bits per heavy atom. The summed E-state index contributed by atoms with van der Waals surface area (Å²) < 4.78 is 52.4. The molecule has 1 heterocycles. The van der Waals surface area contributed by atoms with Crippen LogP contribution >= 0.6 is 0 Å². The van der Waals surface area contributed by atoms with Crippen LogP contribution in [0, 0.1) is 17.7 Å². The largest absolute Gasteiger partial charge is 0.481 e. The summed E-state index contributed by atoms with van der Waals surface area (Å²) in [6.45, 7) is 0.368. The number of aliphatic carboxylic acids is 1. The Bertz CT molecular complexity index is 651. The van der Waals surface area contributed by atoms with Crippen molar-refractivity contribution in [1.29, 1.82) is 0 Å². The third kappa shape index (κ3) is 4.61. The van der Waals surface area contributed by atoms with Gasteiger partial charge in [0.05, 0.1) is 11.8 Å². The van der Waals surface area contributed by atoms with Crippen LogP contribution in [0.15, 0.2) is 24.3 Å². The van der Waals surface area contributed by atoms with E-state index in [4.69, 9.17) is 5.11 Å². The van der Waals surface area contributed by atoms with Crippen molar-refractivity contribution in [2.24, 2.45) is 11.8 Å². The molecule has 9 heteroatoms. The number of halogens is 4. The van der Waals surface area contributed by atoms with Crippen molar-refractivity contribution in [3.05, 3.63) is 35.6 Å². The van der Waals surface area contributed by atoms with E-state index in [0.717, 1.165) is 4.90 Å². The van der Waals surface area contributed by atoms with E-state index < -0.39 is 55.0 Å². The molecule has 0 spiro atoms.